The number of carboxylic acid groups (broad SMARTS) is 1. The minimum Gasteiger partial charge on any atom is -0.478 e. The fourth-order valence-corrected chi connectivity index (χ4v) is 1.94. The van der Waals surface area contributed by atoms with Crippen molar-refractivity contribution in [3.63, 3.8) is 0 Å². The van der Waals surface area contributed by atoms with Gasteiger partial charge in [-0.25, -0.2) is 4.79 Å². The van der Waals surface area contributed by atoms with E-state index >= 15 is 0 Å². The number of carbonyl (C=O) groups is 1. The van der Waals surface area contributed by atoms with Crippen molar-refractivity contribution in [3.8, 4) is 17.1 Å². The second kappa shape index (κ2) is 5.04. The number of rotatable bonds is 3. The molecule has 2 aromatic heterocycles. The number of nitrogens with zero attached hydrogens (tertiary/aromatic N) is 4. The van der Waals surface area contributed by atoms with Crippen molar-refractivity contribution < 1.29 is 9.90 Å². The van der Waals surface area contributed by atoms with E-state index in [0.29, 0.717) is 22.9 Å². The minimum atomic E-state index is -1.01. The van der Waals surface area contributed by atoms with Gasteiger partial charge in [-0.15, -0.1) is 5.10 Å². The summed E-state index contributed by atoms with van der Waals surface area (Å²) in [6.45, 7) is 0. The normalized spacial score (nSPS) is 10.5. The molecule has 1 aromatic carbocycles. The van der Waals surface area contributed by atoms with Crippen LogP contribution in [-0.4, -0.2) is 31.1 Å². The summed E-state index contributed by atoms with van der Waals surface area (Å²) in [4.78, 5) is 15.2. The number of nitrogen functional groups attached to an aromatic ring is 1. The summed E-state index contributed by atoms with van der Waals surface area (Å²) in [5.41, 5.74) is 7.79. The Labute approximate surface area is 119 Å². The summed E-state index contributed by atoms with van der Waals surface area (Å²) in [6.07, 6.45) is 1.64. The maximum absolute atomic E-state index is 11.0. The van der Waals surface area contributed by atoms with Gasteiger partial charge in [0.25, 0.3) is 0 Å². The molecule has 0 saturated heterocycles. The zero-order valence-electron chi connectivity index (χ0n) is 10.8. The van der Waals surface area contributed by atoms with Crippen molar-refractivity contribution in [1.29, 1.82) is 0 Å². The zero-order valence-corrected chi connectivity index (χ0v) is 10.8. The van der Waals surface area contributed by atoms with Gasteiger partial charge in [-0.05, 0) is 30.3 Å². The second-order valence-corrected chi connectivity index (χ2v) is 4.31. The molecule has 3 N–H and O–H groups in total. The van der Waals surface area contributed by atoms with Gasteiger partial charge in [0, 0.05) is 6.20 Å². The summed E-state index contributed by atoms with van der Waals surface area (Å²) >= 11 is 0. The van der Waals surface area contributed by atoms with Gasteiger partial charge in [-0.3, -0.25) is 4.98 Å². The summed E-state index contributed by atoms with van der Waals surface area (Å²) in [6, 6.07) is 11.7. The van der Waals surface area contributed by atoms with E-state index < -0.39 is 5.97 Å². The SMILES string of the molecule is Nc1c(-c2ccccn2)nnn1-c1cccc(C(=O)O)c1. The standard InChI is InChI=1S/C14H11N5O2/c15-13-12(11-6-1-2-7-16-11)17-18-19(13)10-5-3-4-9(8-10)14(20)21/h1-8H,15H2,(H,20,21). The molecule has 0 radical (unpaired) electrons. The smallest absolute Gasteiger partial charge is 0.335 e. The van der Waals surface area contributed by atoms with Crippen LogP contribution in [-0.2, 0) is 0 Å². The quantitative estimate of drug-likeness (QED) is 0.755. The highest BCUT2D eigenvalue weighted by molar-refractivity contribution is 5.88. The molecule has 7 nitrogen and oxygen atoms in total. The topological polar surface area (TPSA) is 107 Å². The summed E-state index contributed by atoms with van der Waals surface area (Å²) in [5, 5.41) is 17.0. The number of aromatic carboxylic acids is 1. The number of hydrogen-bond acceptors (Lipinski definition) is 5. The van der Waals surface area contributed by atoms with Crippen LogP contribution < -0.4 is 5.73 Å². The highest BCUT2D eigenvalue weighted by Crippen LogP contribution is 2.23. The first-order chi connectivity index (χ1) is 10.2. The van der Waals surface area contributed by atoms with E-state index in [-0.39, 0.29) is 5.56 Å². The van der Waals surface area contributed by atoms with Crippen molar-refractivity contribution in [2.75, 3.05) is 5.73 Å². The molecule has 0 spiro atoms. The molecular formula is C14H11N5O2. The van der Waals surface area contributed by atoms with Gasteiger partial charge in [0.1, 0.15) is 0 Å². The fraction of sp³-hybridized carbons (Fsp3) is 0. The largest absolute Gasteiger partial charge is 0.478 e. The van der Waals surface area contributed by atoms with Crippen LogP contribution in [0.2, 0.25) is 0 Å². The first-order valence-corrected chi connectivity index (χ1v) is 6.13. The molecule has 104 valence electrons. The summed E-state index contributed by atoms with van der Waals surface area (Å²) in [5.74, 6) is -0.711. The van der Waals surface area contributed by atoms with Crippen molar-refractivity contribution in [2.45, 2.75) is 0 Å². The number of pyridine rings is 1. The molecule has 21 heavy (non-hydrogen) atoms. The van der Waals surface area contributed by atoms with Crippen LogP contribution >= 0.6 is 0 Å². The van der Waals surface area contributed by atoms with Crippen LogP contribution in [0.15, 0.2) is 48.7 Å². The third-order valence-corrected chi connectivity index (χ3v) is 2.95. The van der Waals surface area contributed by atoms with Gasteiger partial charge in [0.15, 0.2) is 11.5 Å². The average molecular weight is 281 g/mol. The van der Waals surface area contributed by atoms with Gasteiger partial charge in [0.2, 0.25) is 0 Å². The first-order valence-electron chi connectivity index (χ1n) is 6.13. The Morgan fingerprint density at radius 3 is 2.76 bits per heavy atom. The number of nitrogens with two attached hydrogens (primary N) is 1. The zero-order chi connectivity index (χ0) is 14.8. The van der Waals surface area contributed by atoms with E-state index in [9.17, 15) is 4.79 Å². The second-order valence-electron chi connectivity index (χ2n) is 4.31. The van der Waals surface area contributed by atoms with Crippen LogP contribution in [0.4, 0.5) is 5.82 Å². The fourth-order valence-electron chi connectivity index (χ4n) is 1.94. The van der Waals surface area contributed by atoms with Gasteiger partial charge in [-0.2, -0.15) is 4.68 Å². The molecule has 0 aliphatic heterocycles. The molecule has 0 aliphatic rings. The van der Waals surface area contributed by atoms with Crippen molar-refractivity contribution in [2.24, 2.45) is 0 Å². The molecule has 3 aromatic rings. The Balaban J connectivity index is 2.07. The molecule has 7 heteroatoms. The Bertz CT molecular complexity index is 798. The van der Waals surface area contributed by atoms with Gasteiger partial charge in [-0.1, -0.05) is 17.3 Å². The molecule has 0 unspecified atom stereocenters. The predicted octanol–water partition coefficient (Wildman–Crippen LogP) is 1.61. The molecule has 0 fully saturated rings. The lowest BCUT2D eigenvalue weighted by atomic mass is 10.2. The number of anilines is 1. The lowest BCUT2D eigenvalue weighted by Crippen LogP contribution is -2.04. The van der Waals surface area contributed by atoms with E-state index in [2.05, 4.69) is 15.3 Å². The van der Waals surface area contributed by atoms with E-state index in [1.165, 1.54) is 16.8 Å². The highest BCUT2D eigenvalue weighted by Gasteiger charge is 2.14. The molecule has 0 saturated carbocycles. The minimum absolute atomic E-state index is 0.154. The molecular weight excluding hydrogens is 270 g/mol. The van der Waals surface area contributed by atoms with E-state index in [4.69, 9.17) is 10.8 Å². The predicted molar refractivity (Wildman–Crippen MR) is 76.0 cm³/mol. The Hall–Kier alpha value is -3.22. The third kappa shape index (κ3) is 2.32. The van der Waals surface area contributed by atoms with E-state index in [1.807, 2.05) is 6.07 Å². The Morgan fingerprint density at radius 1 is 1.19 bits per heavy atom. The molecule has 0 bridgehead atoms. The molecule has 0 aliphatic carbocycles. The Kier molecular flexibility index (Phi) is 3.07. The van der Waals surface area contributed by atoms with Crippen molar-refractivity contribution >= 4 is 11.8 Å². The van der Waals surface area contributed by atoms with Crippen LogP contribution in [0.25, 0.3) is 17.1 Å². The number of aromatic nitrogens is 4. The maximum atomic E-state index is 11.0. The maximum Gasteiger partial charge on any atom is 0.335 e. The lowest BCUT2D eigenvalue weighted by Gasteiger charge is -2.04. The molecule has 0 amide bonds. The van der Waals surface area contributed by atoms with Crippen LogP contribution in [0.5, 0.6) is 0 Å². The van der Waals surface area contributed by atoms with Gasteiger partial charge in [0.05, 0.1) is 16.9 Å². The monoisotopic (exact) mass is 281 g/mol. The molecule has 0 atom stereocenters. The van der Waals surface area contributed by atoms with E-state index in [1.54, 1.807) is 30.5 Å². The highest BCUT2D eigenvalue weighted by atomic mass is 16.4. The van der Waals surface area contributed by atoms with Gasteiger partial charge >= 0.3 is 5.97 Å². The van der Waals surface area contributed by atoms with Crippen LogP contribution in [0.3, 0.4) is 0 Å². The summed E-state index contributed by atoms with van der Waals surface area (Å²) < 4.78 is 1.39. The lowest BCUT2D eigenvalue weighted by molar-refractivity contribution is 0.0697. The van der Waals surface area contributed by atoms with Crippen LogP contribution in [0.1, 0.15) is 10.4 Å². The molecule has 3 rings (SSSR count). The summed E-state index contributed by atoms with van der Waals surface area (Å²) in [7, 11) is 0. The average Bonchev–Trinajstić information content (AvgIpc) is 2.90. The van der Waals surface area contributed by atoms with E-state index in [0.717, 1.165) is 0 Å². The van der Waals surface area contributed by atoms with Gasteiger partial charge < -0.3 is 10.8 Å². The molecule has 2 heterocycles. The Morgan fingerprint density at radius 2 is 2.05 bits per heavy atom. The van der Waals surface area contributed by atoms with Crippen molar-refractivity contribution in [1.82, 2.24) is 20.0 Å². The number of carboxylic acids is 1. The van der Waals surface area contributed by atoms with Crippen LogP contribution in [0, 0.1) is 0 Å². The number of benzene rings is 1. The third-order valence-electron chi connectivity index (χ3n) is 2.95. The number of hydrogen-bond donors (Lipinski definition) is 2. The van der Waals surface area contributed by atoms with Crippen molar-refractivity contribution in [3.05, 3.63) is 54.2 Å². The first kappa shape index (κ1) is 12.8.